The van der Waals surface area contributed by atoms with E-state index in [1.54, 1.807) is 30.3 Å². The molecule has 3 atom stereocenters. The number of hydrogen-bond acceptors (Lipinski definition) is 8. The van der Waals surface area contributed by atoms with Crippen molar-refractivity contribution in [2.45, 2.75) is 42.8 Å². The number of carboxylic acids is 1. The van der Waals surface area contributed by atoms with E-state index in [1.807, 2.05) is 60.7 Å². The van der Waals surface area contributed by atoms with Crippen LogP contribution in [0.5, 0.6) is 0 Å². The molecule has 244 valence electrons. The van der Waals surface area contributed by atoms with Gasteiger partial charge in [0.05, 0.1) is 6.61 Å². The lowest BCUT2D eigenvalue weighted by Gasteiger charge is -2.49. The number of carbonyl (C=O) groups is 5. The second-order valence-corrected chi connectivity index (χ2v) is 12.0. The van der Waals surface area contributed by atoms with Gasteiger partial charge in [0.25, 0.3) is 5.91 Å². The molecular weight excluding hydrogens is 624 g/mol. The first kappa shape index (κ1) is 33.2. The first-order chi connectivity index (χ1) is 22.8. The Bertz CT molecular complexity index is 1600. The maximum absolute atomic E-state index is 13.6. The molecule has 47 heavy (non-hydrogen) atoms. The van der Waals surface area contributed by atoms with Gasteiger partial charge in [-0.1, -0.05) is 78.9 Å². The quantitative estimate of drug-likeness (QED) is 0.136. The lowest BCUT2D eigenvalue weighted by Crippen LogP contribution is -2.70. The smallest absolute Gasteiger partial charge is 0.352 e. The molecule has 3 aromatic carbocycles. The van der Waals surface area contributed by atoms with Crippen molar-refractivity contribution in [3.63, 3.8) is 0 Å². The molecule has 1 saturated heterocycles. The van der Waals surface area contributed by atoms with Crippen molar-refractivity contribution >= 4 is 47.2 Å². The number of nitrogens with zero attached hydrogens (tertiary/aromatic N) is 1. The van der Waals surface area contributed by atoms with Crippen molar-refractivity contribution in [3.8, 4) is 0 Å². The summed E-state index contributed by atoms with van der Waals surface area (Å²) in [5.41, 5.74) is 1.99. The van der Waals surface area contributed by atoms with Gasteiger partial charge in [-0.3, -0.25) is 14.5 Å². The normalized spacial score (nSPS) is 17.7. The summed E-state index contributed by atoms with van der Waals surface area (Å²) in [5, 5.41) is 26.5. The average molecular weight is 659 g/mol. The molecule has 0 bridgehead atoms. The van der Waals surface area contributed by atoms with Crippen LogP contribution in [0.25, 0.3) is 0 Å². The van der Waals surface area contributed by atoms with Crippen molar-refractivity contribution in [2.75, 3.05) is 17.7 Å². The second kappa shape index (κ2) is 15.4. The highest BCUT2D eigenvalue weighted by atomic mass is 32.2. The van der Waals surface area contributed by atoms with Gasteiger partial charge >= 0.3 is 18.0 Å². The summed E-state index contributed by atoms with van der Waals surface area (Å²) in [6.45, 7) is -0.486. The van der Waals surface area contributed by atoms with E-state index >= 15 is 0 Å². The lowest BCUT2D eigenvalue weighted by molar-refractivity contribution is -0.151. The summed E-state index contributed by atoms with van der Waals surface area (Å²) in [6.07, 6.45) is -0.599. The third kappa shape index (κ3) is 7.99. The van der Waals surface area contributed by atoms with E-state index in [-0.39, 0.29) is 36.3 Å². The van der Waals surface area contributed by atoms with Crippen LogP contribution in [0.3, 0.4) is 0 Å². The van der Waals surface area contributed by atoms with Crippen LogP contribution in [0.15, 0.2) is 102 Å². The highest BCUT2D eigenvalue weighted by molar-refractivity contribution is 8.00. The van der Waals surface area contributed by atoms with Crippen LogP contribution in [0, 0.1) is 0 Å². The van der Waals surface area contributed by atoms with Gasteiger partial charge in [0.2, 0.25) is 5.91 Å². The van der Waals surface area contributed by atoms with Gasteiger partial charge in [-0.05, 0) is 41.7 Å². The number of para-hydroxylation sites is 1. The van der Waals surface area contributed by atoms with Crippen LogP contribution in [0.1, 0.15) is 36.5 Å². The molecule has 3 aromatic rings. The molecule has 12 nitrogen and oxygen atoms in total. The van der Waals surface area contributed by atoms with E-state index in [0.717, 1.165) is 16.0 Å². The zero-order chi connectivity index (χ0) is 33.3. The molecule has 5 rings (SSSR count). The van der Waals surface area contributed by atoms with Crippen molar-refractivity contribution in [3.05, 3.63) is 113 Å². The fourth-order valence-electron chi connectivity index (χ4n) is 5.40. The number of carbonyl (C=O) groups excluding carboxylic acids is 4. The maximum Gasteiger partial charge on any atom is 0.352 e. The van der Waals surface area contributed by atoms with Gasteiger partial charge < -0.3 is 30.9 Å². The van der Waals surface area contributed by atoms with Gasteiger partial charge in [0.15, 0.2) is 6.10 Å². The zero-order valence-electron chi connectivity index (χ0n) is 25.2. The number of anilines is 1. The molecule has 0 radical (unpaired) electrons. The summed E-state index contributed by atoms with van der Waals surface area (Å²) in [5.74, 6) is -2.84. The van der Waals surface area contributed by atoms with Gasteiger partial charge in [-0.2, -0.15) is 0 Å². The number of aliphatic carboxylic acids is 1. The van der Waals surface area contributed by atoms with Crippen molar-refractivity contribution in [1.29, 1.82) is 0 Å². The summed E-state index contributed by atoms with van der Waals surface area (Å²) < 4.78 is 6.00. The van der Waals surface area contributed by atoms with Crippen molar-refractivity contribution < 1.29 is 38.9 Å². The number of aliphatic hydroxyl groups excluding tert-OH is 1. The number of carboxylic acid groups (broad SMARTS) is 1. The second-order valence-electron chi connectivity index (χ2n) is 10.9. The van der Waals surface area contributed by atoms with Crippen LogP contribution in [-0.2, 0) is 23.9 Å². The molecule has 2 aliphatic rings. The number of β-lactam (4-membered cyclic amide) rings is 1. The number of benzene rings is 3. The van der Waals surface area contributed by atoms with Crippen LogP contribution in [-0.4, -0.2) is 74.7 Å². The standard InChI is InChI=1S/C34H34N4O8S/c39-19-23-20-47-31-27(30(41)38(31)28(23)32(42)43)37-26(40)18-10-17-25(36-34(45)35-24-15-8-3-9-16-24)33(44)46-29(21-11-4-1-5-12-21)22-13-6-2-7-14-22/h1-9,11-16,25,27,29,31,39H,10,17-20H2,(H,37,40)(H,42,43)(H2,35,36,45)/t25?,27?,31-/m0/s1. The van der Waals surface area contributed by atoms with Gasteiger partial charge in [0.1, 0.15) is 23.2 Å². The first-order valence-corrected chi connectivity index (χ1v) is 16.0. The minimum absolute atomic E-state index is 0.0550. The average Bonchev–Trinajstić information content (AvgIpc) is 3.09. The molecular formula is C34H34N4O8S. The lowest BCUT2D eigenvalue weighted by atomic mass is 10.0. The largest absolute Gasteiger partial charge is 0.477 e. The number of urea groups is 1. The predicted molar refractivity (Wildman–Crippen MR) is 174 cm³/mol. The third-order valence-electron chi connectivity index (χ3n) is 7.71. The summed E-state index contributed by atoms with van der Waals surface area (Å²) >= 11 is 1.26. The summed E-state index contributed by atoms with van der Waals surface area (Å²) in [4.78, 5) is 65.1. The first-order valence-electron chi connectivity index (χ1n) is 15.0. The molecule has 2 aliphatic heterocycles. The van der Waals surface area contributed by atoms with Crippen molar-refractivity contribution in [1.82, 2.24) is 15.5 Å². The summed E-state index contributed by atoms with van der Waals surface area (Å²) in [7, 11) is 0. The molecule has 2 heterocycles. The highest BCUT2D eigenvalue weighted by Gasteiger charge is 2.54. The topological polar surface area (TPSA) is 174 Å². The Kier molecular flexibility index (Phi) is 10.9. The molecule has 0 saturated carbocycles. The SMILES string of the molecule is O=C(CCCC(NC(=O)Nc1ccccc1)C(=O)OC(c1ccccc1)c1ccccc1)NC1C(=O)N2C(C(=O)O)=C(CO)CS[C@@H]12. The van der Waals surface area contributed by atoms with Crippen molar-refractivity contribution in [2.24, 2.45) is 0 Å². The zero-order valence-corrected chi connectivity index (χ0v) is 26.0. The number of nitrogens with one attached hydrogen (secondary N) is 3. The monoisotopic (exact) mass is 658 g/mol. The fraction of sp³-hybridized carbons (Fsp3) is 0.265. The number of aliphatic hydroxyl groups is 1. The fourth-order valence-corrected chi connectivity index (χ4v) is 6.73. The minimum atomic E-state index is -1.32. The van der Waals surface area contributed by atoms with Crippen LogP contribution in [0.4, 0.5) is 10.5 Å². The maximum atomic E-state index is 13.6. The highest BCUT2D eigenvalue weighted by Crippen LogP contribution is 2.40. The Morgan fingerprint density at radius 1 is 0.915 bits per heavy atom. The number of fused-ring (bicyclic) bond motifs is 1. The Morgan fingerprint density at radius 2 is 1.51 bits per heavy atom. The predicted octanol–water partition coefficient (Wildman–Crippen LogP) is 3.41. The molecule has 0 aromatic heterocycles. The molecule has 13 heteroatoms. The van der Waals surface area contributed by atoms with E-state index in [1.165, 1.54) is 11.8 Å². The molecule has 2 unspecified atom stereocenters. The van der Waals surface area contributed by atoms with E-state index in [2.05, 4.69) is 16.0 Å². The van der Waals surface area contributed by atoms with Crippen LogP contribution >= 0.6 is 11.8 Å². The van der Waals surface area contributed by atoms with Crippen LogP contribution in [0.2, 0.25) is 0 Å². The van der Waals surface area contributed by atoms with Crippen LogP contribution < -0.4 is 16.0 Å². The van der Waals surface area contributed by atoms with E-state index in [0.29, 0.717) is 5.69 Å². The van der Waals surface area contributed by atoms with E-state index in [9.17, 15) is 34.2 Å². The number of ether oxygens (including phenoxy) is 1. The van der Waals surface area contributed by atoms with Gasteiger partial charge in [0, 0.05) is 17.9 Å². The summed E-state index contributed by atoms with van der Waals surface area (Å²) in [6, 6.07) is 24.5. The molecule has 4 amide bonds. The Hall–Kier alpha value is -5.14. The Balaban J connectivity index is 1.24. The number of amides is 4. The third-order valence-corrected chi connectivity index (χ3v) is 9.05. The van der Waals surface area contributed by atoms with Gasteiger partial charge in [-0.25, -0.2) is 14.4 Å². The molecule has 0 aliphatic carbocycles. The molecule has 1 fully saturated rings. The number of hydrogen-bond donors (Lipinski definition) is 5. The molecule has 5 N–H and O–H groups in total. The van der Waals surface area contributed by atoms with E-state index < -0.39 is 60.0 Å². The van der Waals surface area contributed by atoms with E-state index in [4.69, 9.17) is 4.74 Å². The van der Waals surface area contributed by atoms with Gasteiger partial charge in [-0.15, -0.1) is 11.8 Å². The minimum Gasteiger partial charge on any atom is -0.477 e. The Labute approximate surface area is 275 Å². The number of esters is 1. The Morgan fingerprint density at radius 3 is 2.09 bits per heavy atom. The number of thioether (sulfide) groups is 1. The number of rotatable bonds is 13. The molecule has 0 spiro atoms.